The fraction of sp³-hybridized carbons (Fsp3) is 0. The first-order valence-electron chi connectivity index (χ1n) is 1.35. The van der Waals surface area contributed by atoms with E-state index in [-0.39, 0.29) is 0 Å². The fourth-order valence-electron chi connectivity index (χ4n) is 0.0651. The topological polar surface area (TPSA) is 81.1 Å². The number of hydrogen-bond acceptors (Lipinski definition) is 4. The van der Waals surface area contributed by atoms with Crippen LogP contribution < -0.4 is 15.6 Å². The van der Waals surface area contributed by atoms with Gasteiger partial charge in [-0.05, 0) is 0 Å². The Morgan fingerprint density at radius 2 is 2.29 bits per heavy atom. The van der Waals surface area contributed by atoms with Gasteiger partial charge in [0.1, 0.15) is 0 Å². The minimum atomic E-state index is -0.581. The van der Waals surface area contributed by atoms with E-state index in [1.807, 2.05) is 0 Å². The average Bonchev–Trinajstić information content (AvgIpc) is 1.61. The maximum atomic E-state index is 9.78. The molecule has 0 radical (unpaired) electrons. The second-order valence-corrected chi connectivity index (χ2v) is 2.29. The first-order chi connectivity index (χ1) is 3.27. The molecule has 0 atom stereocenters. The number of amides is 2. The smallest absolute Gasteiger partial charge is 0.322 e. The van der Waals surface area contributed by atoms with Crippen molar-refractivity contribution < 1.29 is 4.79 Å². The third kappa shape index (κ3) is 5.93. The van der Waals surface area contributed by atoms with Gasteiger partial charge in [0.2, 0.25) is 0 Å². The van der Waals surface area contributed by atoms with Crippen LogP contribution in [0.2, 0.25) is 0 Å². The first kappa shape index (κ1) is 6.93. The molecule has 0 fully saturated rings. The number of hydrogen-bond donors (Lipinski definition) is 3. The molecule has 0 aromatic carbocycles. The van der Waals surface area contributed by atoms with E-state index < -0.39 is 6.03 Å². The van der Waals surface area contributed by atoms with Gasteiger partial charge in [-0.1, -0.05) is 0 Å². The predicted octanol–water partition coefficient (Wildman–Crippen LogP) is -0.175. The van der Waals surface area contributed by atoms with Gasteiger partial charge in [-0.3, -0.25) is 9.86 Å². The molecule has 0 saturated carbocycles. The molecule has 4 nitrogen and oxygen atoms in total. The molecule has 5 N–H and O–H groups in total. The van der Waals surface area contributed by atoms with Crippen LogP contribution in [0.3, 0.4) is 0 Å². The molecule has 0 heterocycles. The van der Waals surface area contributed by atoms with Crippen molar-refractivity contribution >= 4 is 28.0 Å². The molecule has 0 aliphatic carbocycles. The molecule has 2 amide bonds. The molecule has 0 aromatic rings. The lowest BCUT2D eigenvalue weighted by molar-refractivity contribution is 0.254. The summed E-state index contributed by atoms with van der Waals surface area (Å²) >= 11 is 0. The quantitative estimate of drug-likeness (QED) is 0.366. The highest BCUT2D eigenvalue weighted by atomic mass is 33.1. The Morgan fingerprint density at radius 1 is 1.71 bits per heavy atom. The summed E-state index contributed by atoms with van der Waals surface area (Å²) in [6.07, 6.45) is 0. The van der Waals surface area contributed by atoms with Gasteiger partial charge in [0.15, 0.2) is 0 Å². The maximum Gasteiger partial charge on any atom is 0.322 e. The Bertz CT molecular complexity index is 66.0. The molecule has 0 unspecified atom stereocenters. The molecule has 0 rings (SSSR count). The number of primary amides is 1. The Hall–Kier alpha value is -0.0700. The summed E-state index contributed by atoms with van der Waals surface area (Å²) in [5.74, 6) is 0. The van der Waals surface area contributed by atoms with E-state index >= 15 is 0 Å². The highest BCUT2D eigenvalue weighted by Gasteiger charge is 1.85. The van der Waals surface area contributed by atoms with Gasteiger partial charge in [-0.15, -0.1) is 0 Å². The minimum absolute atomic E-state index is 0.581. The lowest BCUT2D eigenvalue weighted by Gasteiger charge is -1.90. The van der Waals surface area contributed by atoms with Crippen LogP contribution in [0.1, 0.15) is 0 Å². The predicted molar refractivity (Wildman–Crippen MR) is 32.1 cm³/mol. The van der Waals surface area contributed by atoms with Crippen LogP contribution in [0, 0.1) is 0 Å². The standard InChI is InChI=1S/CH5N3OS2/c2-1(5)4-7-6-3/h3H2,(H3,2,4,5). The van der Waals surface area contributed by atoms with E-state index in [1.165, 1.54) is 0 Å². The molecule has 0 aromatic heterocycles. The molecule has 0 saturated heterocycles. The van der Waals surface area contributed by atoms with Crippen molar-refractivity contribution in [2.45, 2.75) is 0 Å². The van der Waals surface area contributed by atoms with Crippen molar-refractivity contribution in [3.63, 3.8) is 0 Å². The van der Waals surface area contributed by atoms with Crippen molar-refractivity contribution in [3.05, 3.63) is 0 Å². The molecule has 0 aliphatic heterocycles. The second-order valence-electron chi connectivity index (χ2n) is 0.646. The molecule has 0 bridgehead atoms. The number of urea groups is 1. The summed E-state index contributed by atoms with van der Waals surface area (Å²) < 4.78 is 2.19. The first-order valence-corrected chi connectivity index (χ1v) is 3.56. The summed E-state index contributed by atoms with van der Waals surface area (Å²) in [4.78, 5) is 9.78. The zero-order valence-electron chi connectivity index (χ0n) is 3.38. The van der Waals surface area contributed by atoms with E-state index in [2.05, 4.69) is 10.5 Å². The van der Waals surface area contributed by atoms with Gasteiger partial charge in [-0.2, -0.15) is 0 Å². The van der Waals surface area contributed by atoms with Crippen molar-refractivity contribution in [3.8, 4) is 0 Å². The normalized spacial score (nSPS) is 8.14. The molecule has 0 aliphatic rings. The van der Waals surface area contributed by atoms with E-state index in [0.717, 1.165) is 22.0 Å². The second kappa shape index (κ2) is 4.10. The number of rotatable bonds is 2. The number of nitrogens with two attached hydrogens (primary N) is 2. The van der Waals surface area contributed by atoms with E-state index in [9.17, 15) is 4.79 Å². The zero-order valence-corrected chi connectivity index (χ0v) is 5.01. The average molecular weight is 139 g/mol. The minimum Gasteiger partial charge on any atom is -0.351 e. The Labute approximate surface area is 49.0 Å². The Kier molecular flexibility index (Phi) is 4.06. The Balaban J connectivity index is 2.82. The van der Waals surface area contributed by atoms with E-state index in [0.29, 0.717) is 0 Å². The molecular formula is CH5N3OS2. The van der Waals surface area contributed by atoms with Crippen molar-refractivity contribution in [1.82, 2.24) is 4.72 Å². The van der Waals surface area contributed by atoms with Gasteiger partial charge in [-0.25, -0.2) is 4.79 Å². The van der Waals surface area contributed by atoms with Crippen molar-refractivity contribution in [1.29, 1.82) is 0 Å². The van der Waals surface area contributed by atoms with Crippen molar-refractivity contribution in [2.24, 2.45) is 10.9 Å². The van der Waals surface area contributed by atoms with Crippen LogP contribution in [-0.4, -0.2) is 6.03 Å². The molecule has 0 spiro atoms. The van der Waals surface area contributed by atoms with Crippen LogP contribution in [0.25, 0.3) is 0 Å². The van der Waals surface area contributed by atoms with Gasteiger partial charge >= 0.3 is 6.03 Å². The molecule has 7 heavy (non-hydrogen) atoms. The molecule has 6 heteroatoms. The third-order valence-corrected chi connectivity index (χ3v) is 1.11. The summed E-state index contributed by atoms with van der Waals surface area (Å²) in [7, 11) is 1.92. The largest absolute Gasteiger partial charge is 0.351 e. The summed E-state index contributed by atoms with van der Waals surface area (Å²) in [6, 6.07) is -0.581. The lowest BCUT2D eigenvalue weighted by Crippen LogP contribution is -2.22. The Morgan fingerprint density at radius 3 is 2.43 bits per heavy atom. The van der Waals surface area contributed by atoms with Gasteiger partial charge < -0.3 is 5.73 Å². The van der Waals surface area contributed by atoms with E-state index in [4.69, 9.17) is 5.14 Å². The van der Waals surface area contributed by atoms with Gasteiger partial charge in [0, 0.05) is 22.0 Å². The summed E-state index contributed by atoms with van der Waals surface area (Å²) in [5, 5.41) is 4.89. The number of nitrogens with one attached hydrogen (secondary N) is 1. The highest BCUT2D eigenvalue weighted by molar-refractivity contribution is 8.75. The van der Waals surface area contributed by atoms with Gasteiger partial charge in [0.25, 0.3) is 0 Å². The summed E-state index contributed by atoms with van der Waals surface area (Å²) in [6.45, 7) is 0. The van der Waals surface area contributed by atoms with E-state index in [1.54, 1.807) is 0 Å². The number of carbonyl (C=O) groups is 1. The van der Waals surface area contributed by atoms with Crippen LogP contribution in [-0.2, 0) is 0 Å². The van der Waals surface area contributed by atoms with Crippen LogP contribution in [0.15, 0.2) is 0 Å². The molecular weight excluding hydrogens is 134 g/mol. The van der Waals surface area contributed by atoms with Gasteiger partial charge in [0.05, 0.1) is 0 Å². The third-order valence-electron chi connectivity index (χ3n) is 0.190. The number of carbonyl (C=O) groups excluding carboxylic acids is 1. The van der Waals surface area contributed by atoms with Crippen LogP contribution >= 0.6 is 22.0 Å². The summed E-state index contributed by atoms with van der Waals surface area (Å²) in [5.41, 5.74) is 4.64. The lowest BCUT2D eigenvalue weighted by atomic mass is 11.2. The maximum absolute atomic E-state index is 9.78. The monoisotopic (exact) mass is 139 g/mol. The van der Waals surface area contributed by atoms with Crippen LogP contribution in [0.4, 0.5) is 4.79 Å². The molecule has 42 valence electrons. The fourth-order valence-corrected chi connectivity index (χ4v) is 0.586. The SMILES string of the molecule is NSSNC(N)=O. The highest BCUT2D eigenvalue weighted by Crippen LogP contribution is 2.05. The van der Waals surface area contributed by atoms with Crippen molar-refractivity contribution in [2.75, 3.05) is 0 Å². The zero-order chi connectivity index (χ0) is 5.70. The van der Waals surface area contributed by atoms with Crippen LogP contribution in [0.5, 0.6) is 0 Å².